The van der Waals surface area contributed by atoms with Gasteiger partial charge in [0.15, 0.2) is 0 Å². The maximum atomic E-state index is 5.40. The molecular formula is C23H25N2OS+. The molecule has 27 heavy (non-hydrogen) atoms. The third-order valence-corrected chi connectivity index (χ3v) is 6.16. The van der Waals surface area contributed by atoms with Crippen molar-refractivity contribution in [1.29, 1.82) is 0 Å². The second kappa shape index (κ2) is 7.28. The molecule has 0 unspecified atom stereocenters. The number of anilines is 1. The molecule has 0 N–H and O–H groups in total. The van der Waals surface area contributed by atoms with Crippen LogP contribution >= 0.6 is 11.8 Å². The highest BCUT2D eigenvalue weighted by Gasteiger charge is 2.26. The van der Waals surface area contributed by atoms with Crippen LogP contribution in [0.15, 0.2) is 58.5 Å². The van der Waals surface area contributed by atoms with Crippen LogP contribution in [0.5, 0.6) is 5.75 Å². The topological polar surface area (TPSA) is 16.4 Å². The molecule has 0 aliphatic carbocycles. The van der Waals surface area contributed by atoms with Crippen LogP contribution in [0, 0.1) is 6.92 Å². The van der Waals surface area contributed by atoms with Gasteiger partial charge in [-0.2, -0.15) is 4.57 Å². The Labute approximate surface area is 165 Å². The Balaban J connectivity index is 1.80. The number of methoxy groups -OCH3 is 1. The summed E-state index contributed by atoms with van der Waals surface area (Å²) in [5.74, 6) is 0.906. The predicted molar refractivity (Wildman–Crippen MR) is 114 cm³/mol. The van der Waals surface area contributed by atoms with Gasteiger partial charge in [0.25, 0.3) is 0 Å². The molecule has 1 aliphatic heterocycles. The van der Waals surface area contributed by atoms with Crippen molar-refractivity contribution in [2.75, 3.05) is 18.6 Å². The first-order valence-corrected chi connectivity index (χ1v) is 10.2. The van der Waals surface area contributed by atoms with E-state index in [0.29, 0.717) is 0 Å². The lowest BCUT2D eigenvalue weighted by molar-refractivity contribution is -0.669. The molecular weight excluding hydrogens is 352 g/mol. The molecule has 0 amide bonds. The number of hydrogen-bond acceptors (Lipinski definition) is 3. The molecule has 0 radical (unpaired) electrons. The van der Waals surface area contributed by atoms with Gasteiger partial charge < -0.3 is 9.64 Å². The van der Waals surface area contributed by atoms with Gasteiger partial charge >= 0.3 is 0 Å². The quantitative estimate of drug-likeness (QED) is 0.567. The Morgan fingerprint density at radius 1 is 1.07 bits per heavy atom. The van der Waals surface area contributed by atoms with Crippen molar-refractivity contribution in [2.24, 2.45) is 0 Å². The van der Waals surface area contributed by atoms with Crippen molar-refractivity contribution in [3.05, 3.63) is 64.8 Å². The Kier molecular flexibility index (Phi) is 4.83. The van der Waals surface area contributed by atoms with E-state index in [9.17, 15) is 0 Å². The molecule has 138 valence electrons. The van der Waals surface area contributed by atoms with E-state index in [1.807, 2.05) is 17.8 Å². The summed E-state index contributed by atoms with van der Waals surface area (Å²) in [5, 5.41) is 2.55. The van der Waals surface area contributed by atoms with E-state index < -0.39 is 0 Å². The van der Waals surface area contributed by atoms with Crippen molar-refractivity contribution in [3.8, 4) is 5.75 Å². The number of ether oxygens (including phenoxy) is 1. The van der Waals surface area contributed by atoms with E-state index in [-0.39, 0.29) is 0 Å². The van der Waals surface area contributed by atoms with Crippen LogP contribution in [0.1, 0.15) is 25.1 Å². The number of fused-ring (bicyclic) bond motifs is 2. The van der Waals surface area contributed by atoms with Crippen molar-refractivity contribution < 1.29 is 9.30 Å². The number of hydrogen-bond donors (Lipinski definition) is 0. The summed E-state index contributed by atoms with van der Waals surface area (Å²) < 4.78 is 7.79. The lowest BCUT2D eigenvalue weighted by Gasteiger charge is -2.18. The first-order chi connectivity index (χ1) is 13.1. The van der Waals surface area contributed by atoms with Crippen molar-refractivity contribution in [1.82, 2.24) is 0 Å². The largest absolute Gasteiger partial charge is 0.497 e. The minimum absolute atomic E-state index is 0.906. The summed E-state index contributed by atoms with van der Waals surface area (Å²) in [7, 11) is 1.72. The van der Waals surface area contributed by atoms with Crippen LogP contribution in [0.4, 0.5) is 5.69 Å². The van der Waals surface area contributed by atoms with Gasteiger partial charge in [0, 0.05) is 35.0 Å². The number of aryl methyl sites for hydroxylation is 2. The van der Waals surface area contributed by atoms with Gasteiger partial charge in [0.2, 0.25) is 11.2 Å². The number of aromatic nitrogens is 1. The molecule has 0 saturated carbocycles. The number of pyridine rings is 1. The highest BCUT2D eigenvalue weighted by Crippen LogP contribution is 2.47. The zero-order valence-electron chi connectivity index (χ0n) is 16.3. The maximum Gasteiger partial charge on any atom is 0.212 e. The van der Waals surface area contributed by atoms with Crippen molar-refractivity contribution >= 4 is 34.4 Å². The van der Waals surface area contributed by atoms with E-state index in [1.54, 1.807) is 7.11 Å². The van der Waals surface area contributed by atoms with Crippen LogP contribution in [0.3, 0.4) is 0 Å². The van der Waals surface area contributed by atoms with Gasteiger partial charge in [-0.15, -0.1) is 0 Å². The van der Waals surface area contributed by atoms with Crippen LogP contribution in [-0.2, 0) is 6.54 Å². The fraction of sp³-hybridized carbons (Fsp3) is 0.261. The predicted octanol–water partition coefficient (Wildman–Crippen LogP) is 5.39. The second-order valence-electron chi connectivity index (χ2n) is 6.73. The van der Waals surface area contributed by atoms with Gasteiger partial charge in [0.05, 0.1) is 17.8 Å². The summed E-state index contributed by atoms with van der Waals surface area (Å²) in [6, 6.07) is 17.5. The van der Waals surface area contributed by atoms with E-state index in [1.165, 1.54) is 37.8 Å². The van der Waals surface area contributed by atoms with Gasteiger partial charge in [-0.1, -0.05) is 23.4 Å². The first kappa shape index (κ1) is 17.9. The Hall–Kier alpha value is -2.46. The number of nitrogens with zero attached hydrogens (tertiary/aromatic N) is 2. The van der Waals surface area contributed by atoms with Crippen LogP contribution in [0.2, 0.25) is 0 Å². The maximum absolute atomic E-state index is 5.40. The molecule has 0 fully saturated rings. The summed E-state index contributed by atoms with van der Waals surface area (Å²) in [5.41, 5.74) is 5.07. The minimum Gasteiger partial charge on any atom is -0.497 e. The minimum atomic E-state index is 0.906. The van der Waals surface area contributed by atoms with E-state index in [0.717, 1.165) is 18.8 Å². The fourth-order valence-electron chi connectivity index (χ4n) is 3.71. The monoisotopic (exact) mass is 377 g/mol. The molecule has 1 aromatic heterocycles. The third-order valence-electron chi connectivity index (χ3n) is 5.06. The standard InChI is InChI=1S/C23H25N2OS/c1-5-24-18(9-8-17-13-16(3)7-11-20(17)24)14-23-25(6-2)21-12-10-19(26-4)15-22(21)27-23/h7-15H,5-6H2,1-4H3/q+1. The van der Waals surface area contributed by atoms with Crippen LogP contribution < -0.4 is 14.2 Å². The molecule has 4 rings (SSSR count). The van der Waals surface area contributed by atoms with Crippen molar-refractivity contribution in [2.45, 2.75) is 32.2 Å². The van der Waals surface area contributed by atoms with Crippen LogP contribution in [0.25, 0.3) is 17.0 Å². The molecule has 3 aromatic rings. The molecule has 3 nitrogen and oxygen atoms in total. The Morgan fingerprint density at radius 3 is 2.67 bits per heavy atom. The first-order valence-electron chi connectivity index (χ1n) is 9.43. The average Bonchev–Trinajstić information content (AvgIpc) is 3.03. The highest BCUT2D eigenvalue weighted by molar-refractivity contribution is 8.03. The highest BCUT2D eigenvalue weighted by atomic mass is 32.2. The molecule has 4 heteroatoms. The number of rotatable bonds is 4. The molecule has 2 aromatic carbocycles. The fourth-order valence-corrected chi connectivity index (χ4v) is 4.91. The molecule has 2 heterocycles. The third kappa shape index (κ3) is 3.19. The van der Waals surface area contributed by atoms with Gasteiger partial charge in [-0.25, -0.2) is 0 Å². The average molecular weight is 378 g/mol. The number of benzene rings is 2. The summed E-state index contributed by atoms with van der Waals surface area (Å²) in [6.07, 6.45) is 2.31. The summed E-state index contributed by atoms with van der Waals surface area (Å²) in [6.45, 7) is 8.44. The molecule has 1 aliphatic rings. The van der Waals surface area contributed by atoms with E-state index in [4.69, 9.17) is 4.74 Å². The van der Waals surface area contributed by atoms with Crippen LogP contribution in [-0.4, -0.2) is 13.7 Å². The molecule has 0 saturated heterocycles. The van der Waals surface area contributed by atoms with E-state index in [2.05, 4.69) is 78.8 Å². The lowest BCUT2D eigenvalue weighted by atomic mass is 10.1. The Bertz CT molecular complexity index is 1040. The summed E-state index contributed by atoms with van der Waals surface area (Å²) in [4.78, 5) is 3.63. The second-order valence-corrected chi connectivity index (χ2v) is 7.79. The zero-order chi connectivity index (χ0) is 19.0. The zero-order valence-corrected chi connectivity index (χ0v) is 17.1. The molecule has 0 spiro atoms. The van der Waals surface area contributed by atoms with Crippen molar-refractivity contribution in [3.63, 3.8) is 0 Å². The summed E-state index contributed by atoms with van der Waals surface area (Å²) >= 11 is 1.81. The lowest BCUT2D eigenvalue weighted by Crippen LogP contribution is -2.37. The van der Waals surface area contributed by atoms with Gasteiger partial charge in [0.1, 0.15) is 12.3 Å². The molecule has 0 atom stereocenters. The van der Waals surface area contributed by atoms with Gasteiger partial charge in [-0.05, 0) is 51.1 Å². The number of thioether (sulfide) groups is 1. The normalized spacial score (nSPS) is 14.8. The van der Waals surface area contributed by atoms with E-state index >= 15 is 0 Å². The SMILES string of the molecule is CCN1/C(=C/c2ccc3cc(C)ccc3[n+]2CC)Sc2cc(OC)ccc21. The molecule has 0 bridgehead atoms. The van der Waals surface area contributed by atoms with Gasteiger partial charge in [-0.3, -0.25) is 0 Å². The smallest absolute Gasteiger partial charge is 0.212 e. The Morgan fingerprint density at radius 2 is 1.93 bits per heavy atom.